The van der Waals surface area contributed by atoms with Crippen molar-refractivity contribution in [3.8, 4) is 5.75 Å². The van der Waals surface area contributed by atoms with Crippen LogP contribution in [0.25, 0.3) is 0 Å². The van der Waals surface area contributed by atoms with Gasteiger partial charge in [0.25, 0.3) is 0 Å². The van der Waals surface area contributed by atoms with Gasteiger partial charge in [-0.2, -0.15) is 13.2 Å². The first-order valence-electron chi connectivity index (χ1n) is 5.59. The molecule has 0 heterocycles. The molecule has 0 amide bonds. The summed E-state index contributed by atoms with van der Waals surface area (Å²) in [6.07, 6.45) is -4.51. The molecule has 6 heteroatoms. The molecule has 0 spiro atoms. The zero-order chi connectivity index (χ0) is 14.9. The van der Waals surface area contributed by atoms with Crippen molar-refractivity contribution in [3.63, 3.8) is 0 Å². The predicted molar refractivity (Wildman–Crippen MR) is 67.4 cm³/mol. The van der Waals surface area contributed by atoms with Gasteiger partial charge in [0, 0.05) is 16.8 Å². The van der Waals surface area contributed by atoms with Crippen LogP contribution in [0, 0.1) is 0 Å². The van der Waals surface area contributed by atoms with E-state index in [1.54, 1.807) is 0 Å². The minimum absolute atomic E-state index is 0.0105. The number of ketones is 1. The van der Waals surface area contributed by atoms with Crippen LogP contribution >= 0.6 is 0 Å². The van der Waals surface area contributed by atoms with E-state index in [2.05, 4.69) is 0 Å². The molecule has 2 aromatic rings. The summed E-state index contributed by atoms with van der Waals surface area (Å²) in [6.45, 7) is 0. The fraction of sp³-hybridized carbons (Fsp3) is 0.0714. The molecule has 3 N–H and O–H groups in total. The number of alkyl halides is 3. The Morgan fingerprint density at radius 3 is 2.15 bits per heavy atom. The lowest BCUT2D eigenvalue weighted by molar-refractivity contribution is -0.137. The van der Waals surface area contributed by atoms with Crippen molar-refractivity contribution in [2.75, 3.05) is 5.73 Å². The van der Waals surface area contributed by atoms with Crippen molar-refractivity contribution in [1.29, 1.82) is 0 Å². The highest BCUT2D eigenvalue weighted by Gasteiger charge is 2.31. The third kappa shape index (κ3) is 2.74. The first-order valence-corrected chi connectivity index (χ1v) is 5.59. The van der Waals surface area contributed by atoms with E-state index in [4.69, 9.17) is 10.8 Å². The number of hydrogen-bond donors (Lipinski definition) is 2. The Morgan fingerprint density at radius 1 is 1.05 bits per heavy atom. The Kier molecular flexibility index (Phi) is 3.40. The second-order valence-corrected chi connectivity index (χ2v) is 4.18. The zero-order valence-electron chi connectivity index (χ0n) is 10.1. The van der Waals surface area contributed by atoms with E-state index in [1.807, 2.05) is 0 Å². The molecule has 0 unspecified atom stereocenters. The maximum atomic E-state index is 12.5. The normalized spacial score (nSPS) is 11.3. The second-order valence-electron chi connectivity index (χ2n) is 4.18. The monoisotopic (exact) mass is 281 g/mol. The van der Waals surface area contributed by atoms with Gasteiger partial charge in [0.05, 0.1) is 5.56 Å². The minimum atomic E-state index is -4.51. The fourth-order valence-corrected chi connectivity index (χ4v) is 1.71. The molecule has 0 aliphatic carbocycles. The number of phenolic OH excluding ortho intramolecular Hbond substituents is 1. The molecule has 2 aromatic carbocycles. The number of aromatic hydroxyl groups is 1. The highest BCUT2D eigenvalue weighted by atomic mass is 19.4. The highest BCUT2D eigenvalue weighted by Crippen LogP contribution is 2.31. The van der Waals surface area contributed by atoms with Crippen molar-refractivity contribution in [1.82, 2.24) is 0 Å². The molecule has 0 bridgehead atoms. The molecular weight excluding hydrogens is 271 g/mol. The third-order valence-corrected chi connectivity index (χ3v) is 2.75. The van der Waals surface area contributed by atoms with Crippen molar-refractivity contribution in [3.05, 3.63) is 59.2 Å². The van der Waals surface area contributed by atoms with Gasteiger partial charge in [-0.1, -0.05) is 0 Å². The maximum Gasteiger partial charge on any atom is 0.416 e. The molecule has 2 rings (SSSR count). The molecule has 0 radical (unpaired) electrons. The molecule has 0 fully saturated rings. The Bertz CT molecular complexity index is 648. The minimum Gasteiger partial charge on any atom is -0.508 e. The molecule has 0 saturated heterocycles. The smallest absolute Gasteiger partial charge is 0.416 e. The number of nitrogens with two attached hydrogens (primary N) is 1. The average molecular weight is 281 g/mol. The van der Waals surface area contributed by atoms with Gasteiger partial charge in [-0.15, -0.1) is 0 Å². The van der Waals surface area contributed by atoms with Crippen LogP contribution in [0.2, 0.25) is 0 Å². The van der Waals surface area contributed by atoms with Crippen LogP contribution in [-0.4, -0.2) is 10.9 Å². The van der Waals surface area contributed by atoms with Crippen LogP contribution < -0.4 is 5.73 Å². The lowest BCUT2D eigenvalue weighted by Gasteiger charge is -2.10. The molecule has 0 aliphatic rings. The molecule has 20 heavy (non-hydrogen) atoms. The van der Waals surface area contributed by atoms with Crippen LogP contribution in [0.15, 0.2) is 42.5 Å². The molecule has 0 aromatic heterocycles. The van der Waals surface area contributed by atoms with Gasteiger partial charge in [-0.25, -0.2) is 0 Å². The van der Waals surface area contributed by atoms with E-state index in [-0.39, 0.29) is 22.6 Å². The van der Waals surface area contributed by atoms with E-state index in [0.29, 0.717) is 0 Å². The average Bonchev–Trinajstić information content (AvgIpc) is 2.37. The molecule has 0 aliphatic heterocycles. The van der Waals surface area contributed by atoms with E-state index >= 15 is 0 Å². The lowest BCUT2D eigenvalue weighted by Crippen LogP contribution is -2.10. The Hall–Kier alpha value is -2.50. The van der Waals surface area contributed by atoms with E-state index in [9.17, 15) is 18.0 Å². The Balaban J connectivity index is 2.38. The van der Waals surface area contributed by atoms with Gasteiger partial charge < -0.3 is 10.8 Å². The Labute approximate surface area is 112 Å². The summed E-state index contributed by atoms with van der Waals surface area (Å²) in [5, 5.41) is 9.13. The molecule has 0 atom stereocenters. The maximum absolute atomic E-state index is 12.5. The number of benzene rings is 2. The van der Waals surface area contributed by atoms with Crippen molar-refractivity contribution < 1.29 is 23.1 Å². The number of carbonyl (C=O) groups is 1. The molecule has 0 saturated carbocycles. The summed E-state index contributed by atoms with van der Waals surface area (Å²) < 4.78 is 37.5. The van der Waals surface area contributed by atoms with Crippen molar-refractivity contribution in [2.24, 2.45) is 0 Å². The second kappa shape index (κ2) is 4.88. The number of anilines is 1. The predicted octanol–water partition coefficient (Wildman–Crippen LogP) is 3.22. The first-order chi connectivity index (χ1) is 9.29. The number of phenols is 1. The number of nitrogen functional groups attached to an aromatic ring is 1. The van der Waals surface area contributed by atoms with Gasteiger partial charge in [0.1, 0.15) is 5.75 Å². The Morgan fingerprint density at radius 2 is 1.65 bits per heavy atom. The third-order valence-electron chi connectivity index (χ3n) is 2.75. The quantitative estimate of drug-likeness (QED) is 0.656. The topological polar surface area (TPSA) is 63.3 Å². The fourth-order valence-electron chi connectivity index (χ4n) is 1.71. The number of halogens is 3. The summed E-state index contributed by atoms with van der Waals surface area (Å²) >= 11 is 0. The van der Waals surface area contributed by atoms with E-state index < -0.39 is 17.5 Å². The van der Waals surface area contributed by atoms with Crippen molar-refractivity contribution in [2.45, 2.75) is 6.18 Å². The number of carbonyl (C=O) groups excluding carboxylic acids is 1. The molecule has 104 valence electrons. The SMILES string of the molecule is Nc1cc(C(F)(F)F)ccc1C(=O)c1ccc(O)cc1. The lowest BCUT2D eigenvalue weighted by atomic mass is 10.00. The molecule has 3 nitrogen and oxygen atoms in total. The summed E-state index contributed by atoms with van der Waals surface area (Å²) in [5.41, 5.74) is 4.59. The van der Waals surface area contributed by atoms with Crippen LogP contribution in [0.5, 0.6) is 5.75 Å². The largest absolute Gasteiger partial charge is 0.508 e. The van der Waals surface area contributed by atoms with Gasteiger partial charge >= 0.3 is 6.18 Å². The van der Waals surface area contributed by atoms with Crippen LogP contribution in [0.1, 0.15) is 21.5 Å². The summed E-state index contributed by atoms with van der Waals surface area (Å²) in [4.78, 5) is 12.1. The first kappa shape index (κ1) is 13.9. The number of hydrogen-bond acceptors (Lipinski definition) is 3. The summed E-state index contributed by atoms with van der Waals surface area (Å²) in [6, 6.07) is 7.95. The van der Waals surface area contributed by atoms with E-state index in [1.165, 1.54) is 24.3 Å². The van der Waals surface area contributed by atoms with Gasteiger partial charge in [-0.3, -0.25) is 4.79 Å². The van der Waals surface area contributed by atoms with Crippen molar-refractivity contribution >= 4 is 11.5 Å². The summed E-state index contributed by atoms with van der Waals surface area (Å²) in [5.74, 6) is -0.516. The van der Waals surface area contributed by atoms with Crippen LogP contribution in [-0.2, 0) is 6.18 Å². The number of rotatable bonds is 2. The molecular formula is C14H10F3NO2. The van der Waals surface area contributed by atoms with Crippen LogP contribution in [0.4, 0.5) is 18.9 Å². The van der Waals surface area contributed by atoms with Gasteiger partial charge in [0.2, 0.25) is 0 Å². The van der Waals surface area contributed by atoms with Gasteiger partial charge in [-0.05, 0) is 42.5 Å². The van der Waals surface area contributed by atoms with Crippen LogP contribution in [0.3, 0.4) is 0 Å². The highest BCUT2D eigenvalue weighted by molar-refractivity contribution is 6.12. The standard InChI is InChI=1S/C14H10F3NO2/c15-14(16,17)9-3-6-11(12(18)7-9)13(20)8-1-4-10(19)5-2-8/h1-7,19H,18H2. The summed E-state index contributed by atoms with van der Waals surface area (Å²) in [7, 11) is 0. The van der Waals surface area contributed by atoms with E-state index in [0.717, 1.165) is 18.2 Å². The zero-order valence-corrected chi connectivity index (χ0v) is 10.1. The van der Waals surface area contributed by atoms with Gasteiger partial charge in [0.15, 0.2) is 5.78 Å².